The molecule has 1 aromatic heterocycles. The highest BCUT2D eigenvalue weighted by Gasteiger charge is 2.20. The largest absolute Gasteiger partial charge is 0.481 e. The fourth-order valence-electron chi connectivity index (χ4n) is 3.58. The van der Waals surface area contributed by atoms with Crippen LogP contribution in [0, 0.1) is 0 Å². The van der Waals surface area contributed by atoms with E-state index in [4.69, 9.17) is 9.15 Å². The maximum Gasteiger partial charge on any atom is 0.336 e. The highest BCUT2D eigenvalue weighted by atomic mass is 16.5. The van der Waals surface area contributed by atoms with E-state index in [1.54, 1.807) is 13.0 Å². The van der Waals surface area contributed by atoms with Gasteiger partial charge in [-0.3, -0.25) is 4.79 Å². The third-order valence-corrected chi connectivity index (χ3v) is 5.07. The van der Waals surface area contributed by atoms with Crippen molar-refractivity contribution in [1.82, 2.24) is 5.32 Å². The van der Waals surface area contributed by atoms with E-state index in [-0.39, 0.29) is 17.6 Å². The molecule has 1 N–H and O–H groups in total. The lowest BCUT2D eigenvalue weighted by atomic mass is 10.1. The van der Waals surface area contributed by atoms with Crippen LogP contribution in [-0.4, -0.2) is 18.1 Å². The third-order valence-electron chi connectivity index (χ3n) is 5.07. The molecule has 1 saturated carbocycles. The molecule has 26 heavy (non-hydrogen) atoms. The first-order valence-electron chi connectivity index (χ1n) is 9.60. The second-order valence-electron chi connectivity index (χ2n) is 7.06. The predicted molar refractivity (Wildman–Crippen MR) is 102 cm³/mol. The first-order valence-corrected chi connectivity index (χ1v) is 9.60. The third kappa shape index (κ3) is 4.45. The van der Waals surface area contributed by atoms with Gasteiger partial charge in [0.15, 0.2) is 6.10 Å². The molecule has 0 unspecified atom stereocenters. The standard InChI is InChI=1S/C21H27NO4/c1-3-15-12-20(23)26-19-13-17(10-11-18(15)19)25-14(2)21(24)22-16-8-6-4-5-7-9-16/h10-14,16H,3-9H2,1-2H3,(H,22,24)/t14-/m1/s1. The van der Waals surface area contributed by atoms with E-state index in [1.165, 1.54) is 31.7 Å². The minimum absolute atomic E-state index is 0.0965. The van der Waals surface area contributed by atoms with Gasteiger partial charge in [0.25, 0.3) is 5.91 Å². The molecule has 1 aromatic carbocycles. The zero-order chi connectivity index (χ0) is 18.5. The number of aryl methyl sites for hydroxylation is 1. The van der Waals surface area contributed by atoms with Gasteiger partial charge < -0.3 is 14.5 Å². The smallest absolute Gasteiger partial charge is 0.336 e. The Morgan fingerprint density at radius 3 is 2.65 bits per heavy atom. The van der Waals surface area contributed by atoms with Crippen LogP contribution in [0.5, 0.6) is 5.75 Å². The average molecular weight is 357 g/mol. The number of hydrogen-bond acceptors (Lipinski definition) is 4. The van der Waals surface area contributed by atoms with Crippen LogP contribution in [0.25, 0.3) is 11.0 Å². The zero-order valence-electron chi connectivity index (χ0n) is 15.5. The van der Waals surface area contributed by atoms with Gasteiger partial charge in [0.05, 0.1) is 0 Å². The molecule has 5 nitrogen and oxygen atoms in total. The summed E-state index contributed by atoms with van der Waals surface area (Å²) in [7, 11) is 0. The molecule has 0 saturated heterocycles. The summed E-state index contributed by atoms with van der Waals surface area (Å²) in [6.45, 7) is 3.74. The zero-order valence-corrected chi connectivity index (χ0v) is 15.5. The minimum Gasteiger partial charge on any atom is -0.481 e. The fourth-order valence-corrected chi connectivity index (χ4v) is 3.58. The Kier molecular flexibility index (Phi) is 5.96. The van der Waals surface area contributed by atoms with Crippen molar-refractivity contribution in [3.8, 4) is 5.75 Å². The summed E-state index contributed by atoms with van der Waals surface area (Å²) in [6.07, 6.45) is 7.08. The number of rotatable bonds is 5. The van der Waals surface area contributed by atoms with Crippen LogP contribution >= 0.6 is 0 Å². The summed E-state index contributed by atoms with van der Waals surface area (Å²) in [5.74, 6) is 0.429. The number of ether oxygens (including phenoxy) is 1. The van der Waals surface area contributed by atoms with Gasteiger partial charge in [0.1, 0.15) is 11.3 Å². The van der Waals surface area contributed by atoms with Crippen molar-refractivity contribution >= 4 is 16.9 Å². The SMILES string of the molecule is CCc1cc(=O)oc2cc(O[C@H](C)C(=O)NC3CCCCCC3)ccc12. The topological polar surface area (TPSA) is 68.5 Å². The van der Waals surface area contributed by atoms with Crippen LogP contribution in [0.4, 0.5) is 0 Å². The van der Waals surface area contributed by atoms with Crippen molar-refractivity contribution in [2.75, 3.05) is 0 Å². The molecule has 1 heterocycles. The fraction of sp³-hybridized carbons (Fsp3) is 0.524. The minimum atomic E-state index is -0.600. The Bertz CT molecular complexity index is 818. The van der Waals surface area contributed by atoms with Gasteiger partial charge in [0.2, 0.25) is 0 Å². The molecule has 5 heteroatoms. The Morgan fingerprint density at radius 2 is 1.96 bits per heavy atom. The van der Waals surface area contributed by atoms with E-state index in [1.807, 2.05) is 19.1 Å². The van der Waals surface area contributed by atoms with Gasteiger partial charge in [0, 0.05) is 23.6 Å². The van der Waals surface area contributed by atoms with Crippen LogP contribution in [-0.2, 0) is 11.2 Å². The normalized spacial score (nSPS) is 16.8. The Balaban J connectivity index is 1.69. The van der Waals surface area contributed by atoms with Crippen LogP contribution in [0.3, 0.4) is 0 Å². The van der Waals surface area contributed by atoms with Crippen molar-refractivity contribution in [1.29, 1.82) is 0 Å². The number of benzene rings is 1. The molecule has 0 spiro atoms. The van der Waals surface area contributed by atoms with Crippen molar-refractivity contribution in [3.05, 3.63) is 40.2 Å². The van der Waals surface area contributed by atoms with Gasteiger partial charge in [-0.1, -0.05) is 32.6 Å². The number of hydrogen-bond donors (Lipinski definition) is 1. The molecule has 3 rings (SSSR count). The van der Waals surface area contributed by atoms with Gasteiger partial charge >= 0.3 is 5.63 Å². The Labute approximate surface area is 153 Å². The maximum absolute atomic E-state index is 12.4. The molecule has 1 amide bonds. The lowest BCUT2D eigenvalue weighted by Gasteiger charge is -2.20. The number of amides is 1. The lowest BCUT2D eigenvalue weighted by Crippen LogP contribution is -2.42. The van der Waals surface area contributed by atoms with E-state index >= 15 is 0 Å². The molecule has 1 aliphatic carbocycles. The highest BCUT2D eigenvalue weighted by Crippen LogP contribution is 2.24. The monoisotopic (exact) mass is 357 g/mol. The van der Waals surface area contributed by atoms with Gasteiger partial charge in [-0.2, -0.15) is 0 Å². The molecule has 1 fully saturated rings. The molecule has 1 aliphatic rings. The second-order valence-corrected chi connectivity index (χ2v) is 7.06. The van der Waals surface area contributed by atoms with E-state index < -0.39 is 6.10 Å². The molecule has 0 aliphatic heterocycles. The van der Waals surface area contributed by atoms with Crippen LogP contribution < -0.4 is 15.7 Å². The first-order chi connectivity index (χ1) is 12.6. The number of nitrogens with one attached hydrogen (secondary N) is 1. The van der Waals surface area contributed by atoms with Gasteiger partial charge in [-0.05, 0) is 43.9 Å². The molecular formula is C21H27NO4. The summed E-state index contributed by atoms with van der Waals surface area (Å²) >= 11 is 0. The number of fused-ring (bicyclic) bond motifs is 1. The van der Waals surface area contributed by atoms with Crippen molar-refractivity contribution in [2.24, 2.45) is 0 Å². The van der Waals surface area contributed by atoms with E-state index in [0.717, 1.165) is 30.2 Å². The highest BCUT2D eigenvalue weighted by molar-refractivity contribution is 5.83. The van der Waals surface area contributed by atoms with Crippen molar-refractivity contribution in [3.63, 3.8) is 0 Å². The second kappa shape index (κ2) is 8.39. The average Bonchev–Trinajstić information content (AvgIpc) is 2.89. The summed E-state index contributed by atoms with van der Waals surface area (Å²) < 4.78 is 11.1. The molecule has 0 bridgehead atoms. The Hall–Kier alpha value is -2.30. The quantitative estimate of drug-likeness (QED) is 0.649. The maximum atomic E-state index is 12.4. The lowest BCUT2D eigenvalue weighted by molar-refractivity contribution is -0.128. The van der Waals surface area contributed by atoms with Crippen molar-refractivity contribution < 1.29 is 13.9 Å². The van der Waals surface area contributed by atoms with Gasteiger partial charge in [-0.15, -0.1) is 0 Å². The van der Waals surface area contributed by atoms with E-state index in [0.29, 0.717) is 11.3 Å². The van der Waals surface area contributed by atoms with Crippen LogP contribution in [0.2, 0.25) is 0 Å². The molecule has 140 valence electrons. The summed E-state index contributed by atoms with van der Waals surface area (Å²) in [4.78, 5) is 24.1. The first kappa shape index (κ1) is 18.5. The summed E-state index contributed by atoms with van der Waals surface area (Å²) in [5, 5.41) is 4.00. The van der Waals surface area contributed by atoms with Crippen molar-refractivity contribution in [2.45, 2.75) is 70.9 Å². The van der Waals surface area contributed by atoms with Crippen LogP contribution in [0.1, 0.15) is 57.9 Å². The van der Waals surface area contributed by atoms with Crippen LogP contribution in [0.15, 0.2) is 33.5 Å². The molecule has 2 aromatic rings. The number of carbonyl (C=O) groups is 1. The molecular weight excluding hydrogens is 330 g/mol. The summed E-state index contributed by atoms with van der Waals surface area (Å²) in [6, 6.07) is 7.15. The predicted octanol–water partition coefficient (Wildman–Crippen LogP) is 3.96. The van der Waals surface area contributed by atoms with E-state index in [2.05, 4.69) is 5.32 Å². The Morgan fingerprint density at radius 1 is 1.23 bits per heavy atom. The van der Waals surface area contributed by atoms with E-state index in [9.17, 15) is 9.59 Å². The summed E-state index contributed by atoms with van der Waals surface area (Å²) in [5.41, 5.74) is 1.07. The molecule has 1 atom stereocenters. The number of carbonyl (C=O) groups excluding carboxylic acids is 1. The van der Waals surface area contributed by atoms with Gasteiger partial charge in [-0.25, -0.2) is 4.79 Å². The molecule has 0 radical (unpaired) electrons.